The van der Waals surface area contributed by atoms with Gasteiger partial charge in [0.15, 0.2) is 0 Å². The van der Waals surface area contributed by atoms with Crippen LogP contribution in [0, 0.1) is 0 Å². The summed E-state index contributed by atoms with van der Waals surface area (Å²) in [4.78, 5) is 42.1. The topological polar surface area (TPSA) is 79.0 Å². The number of amides is 3. The zero-order valence-electron chi connectivity index (χ0n) is 17.0. The number of ether oxygens (including phenoxy) is 1. The zero-order chi connectivity index (χ0) is 22.8. The highest BCUT2D eigenvalue weighted by Crippen LogP contribution is 2.44. The number of thiocarbonyl (C=S) groups is 1. The predicted molar refractivity (Wildman–Crippen MR) is 130 cm³/mol. The highest BCUT2D eigenvalue weighted by molar-refractivity contribution is 8.26. The zero-order valence-corrected chi connectivity index (χ0v) is 19.4. The maximum absolute atomic E-state index is 13.4. The number of nitrogens with zero attached hydrogens (tertiary/aromatic N) is 2. The molecule has 7 nitrogen and oxygen atoms in total. The van der Waals surface area contributed by atoms with Gasteiger partial charge in [0, 0.05) is 23.4 Å². The maximum Gasteiger partial charge on any atom is 0.267 e. The first-order chi connectivity index (χ1) is 15.4. The van der Waals surface area contributed by atoms with Gasteiger partial charge in [-0.15, -0.1) is 0 Å². The molecule has 0 saturated carbocycles. The number of rotatable bonds is 6. The van der Waals surface area contributed by atoms with E-state index >= 15 is 0 Å². The third-order valence-corrected chi connectivity index (χ3v) is 6.65. The summed E-state index contributed by atoms with van der Waals surface area (Å²) >= 11 is 12.3. The molecule has 2 aromatic rings. The molecule has 10 heteroatoms. The van der Waals surface area contributed by atoms with Crippen LogP contribution in [0.4, 0.5) is 11.4 Å². The Morgan fingerprint density at radius 2 is 1.81 bits per heavy atom. The summed E-state index contributed by atoms with van der Waals surface area (Å²) in [6, 6.07) is 13.8. The Morgan fingerprint density at radius 1 is 1.09 bits per heavy atom. The van der Waals surface area contributed by atoms with E-state index in [-0.39, 0.29) is 28.8 Å². The first-order valence-electron chi connectivity index (χ1n) is 9.64. The number of methoxy groups -OCH3 is 1. The van der Waals surface area contributed by atoms with Crippen LogP contribution in [0.5, 0.6) is 0 Å². The fourth-order valence-corrected chi connectivity index (χ4v) is 4.96. The molecule has 2 aliphatic rings. The van der Waals surface area contributed by atoms with Crippen molar-refractivity contribution in [3.8, 4) is 0 Å². The summed E-state index contributed by atoms with van der Waals surface area (Å²) in [6.07, 6.45) is 0. The van der Waals surface area contributed by atoms with Crippen molar-refractivity contribution in [2.45, 2.75) is 0 Å². The standard InChI is InChI=1S/C22H18ClN3O4S2/c1-30-11-10-25-21(29)19(32-22(25)31)18-15-4-2-3-5-16(15)26(20(18)28)12-17(27)24-14-8-6-13(23)7-9-14/h2-9H,10-12H2,1H3,(H,24,27)/b19-18-. The first kappa shape index (κ1) is 22.5. The third-order valence-electron chi connectivity index (χ3n) is 4.95. The number of anilines is 2. The molecule has 1 saturated heterocycles. The summed E-state index contributed by atoms with van der Waals surface area (Å²) < 4.78 is 5.42. The second-order valence-electron chi connectivity index (χ2n) is 6.99. The lowest BCUT2D eigenvalue weighted by atomic mass is 10.1. The highest BCUT2D eigenvalue weighted by Gasteiger charge is 2.42. The lowest BCUT2D eigenvalue weighted by molar-refractivity contribution is -0.122. The number of halogens is 1. The van der Waals surface area contributed by atoms with Crippen molar-refractivity contribution in [1.29, 1.82) is 0 Å². The van der Waals surface area contributed by atoms with E-state index in [4.69, 9.17) is 28.6 Å². The van der Waals surface area contributed by atoms with Crippen LogP contribution >= 0.6 is 35.6 Å². The van der Waals surface area contributed by atoms with E-state index in [1.54, 1.807) is 55.6 Å². The van der Waals surface area contributed by atoms with Gasteiger partial charge in [0.25, 0.3) is 11.8 Å². The molecule has 3 amide bonds. The van der Waals surface area contributed by atoms with Crippen LogP contribution in [0.3, 0.4) is 0 Å². The van der Waals surface area contributed by atoms with Crippen LogP contribution in [0.15, 0.2) is 53.4 Å². The summed E-state index contributed by atoms with van der Waals surface area (Å²) in [5, 5.41) is 3.31. The summed E-state index contributed by atoms with van der Waals surface area (Å²) in [5.74, 6) is -1.11. The summed E-state index contributed by atoms with van der Waals surface area (Å²) in [5.41, 5.74) is 2.00. The van der Waals surface area contributed by atoms with Gasteiger partial charge in [0.1, 0.15) is 10.9 Å². The van der Waals surface area contributed by atoms with Crippen LogP contribution < -0.4 is 10.2 Å². The molecule has 1 N–H and O–H groups in total. The maximum atomic E-state index is 13.4. The van der Waals surface area contributed by atoms with Crippen LogP contribution in [0.2, 0.25) is 5.02 Å². The predicted octanol–water partition coefficient (Wildman–Crippen LogP) is 3.54. The fraction of sp³-hybridized carbons (Fsp3) is 0.182. The monoisotopic (exact) mass is 487 g/mol. The molecule has 1 fully saturated rings. The van der Waals surface area contributed by atoms with E-state index in [0.717, 1.165) is 11.8 Å². The molecule has 2 aromatic carbocycles. The quantitative estimate of drug-likeness (QED) is 0.496. The van der Waals surface area contributed by atoms with Gasteiger partial charge in [0.2, 0.25) is 5.91 Å². The molecule has 0 radical (unpaired) electrons. The molecule has 0 bridgehead atoms. The number of para-hydroxylation sites is 1. The smallest absolute Gasteiger partial charge is 0.267 e. The van der Waals surface area contributed by atoms with Gasteiger partial charge in [-0.1, -0.05) is 53.8 Å². The Labute approximate surface area is 199 Å². The largest absolute Gasteiger partial charge is 0.383 e. The van der Waals surface area contributed by atoms with Crippen molar-refractivity contribution in [2.24, 2.45) is 0 Å². The van der Waals surface area contributed by atoms with E-state index in [2.05, 4.69) is 5.32 Å². The molecular weight excluding hydrogens is 470 g/mol. The Bertz CT molecular complexity index is 1150. The van der Waals surface area contributed by atoms with Crippen molar-refractivity contribution in [3.63, 3.8) is 0 Å². The average molecular weight is 488 g/mol. The highest BCUT2D eigenvalue weighted by atomic mass is 35.5. The minimum absolute atomic E-state index is 0.202. The number of nitrogens with one attached hydrogen (secondary N) is 1. The first-order valence-corrected chi connectivity index (χ1v) is 11.2. The van der Waals surface area contributed by atoms with Gasteiger partial charge in [-0.2, -0.15) is 0 Å². The number of carbonyl (C=O) groups excluding carboxylic acids is 3. The second kappa shape index (κ2) is 9.41. The van der Waals surface area contributed by atoms with Crippen molar-refractivity contribution in [1.82, 2.24) is 4.90 Å². The number of fused-ring (bicyclic) bond motifs is 1. The minimum atomic E-state index is -0.412. The number of hydrogen-bond donors (Lipinski definition) is 1. The Balaban J connectivity index is 1.62. The van der Waals surface area contributed by atoms with Gasteiger partial charge < -0.3 is 10.1 Å². The average Bonchev–Trinajstić information content (AvgIpc) is 3.20. The Kier molecular flexibility index (Phi) is 6.61. The van der Waals surface area contributed by atoms with Gasteiger partial charge >= 0.3 is 0 Å². The van der Waals surface area contributed by atoms with Gasteiger partial charge in [-0.3, -0.25) is 24.2 Å². The van der Waals surface area contributed by atoms with Crippen molar-refractivity contribution in [2.75, 3.05) is 37.0 Å². The SMILES string of the molecule is COCCN1C(=O)/C(=C2/C(=O)N(CC(=O)Nc3ccc(Cl)cc3)c3ccccc32)SC1=S. The van der Waals surface area contributed by atoms with Gasteiger partial charge in [-0.25, -0.2) is 0 Å². The molecule has 0 spiro atoms. The van der Waals surface area contributed by atoms with Crippen molar-refractivity contribution < 1.29 is 19.1 Å². The van der Waals surface area contributed by atoms with Crippen molar-refractivity contribution >= 4 is 74.6 Å². The van der Waals surface area contributed by atoms with E-state index < -0.39 is 5.91 Å². The number of carbonyl (C=O) groups is 3. The molecule has 164 valence electrons. The molecule has 4 rings (SSSR count). The third kappa shape index (κ3) is 4.29. The van der Waals surface area contributed by atoms with Crippen LogP contribution in [0.25, 0.3) is 5.57 Å². The molecule has 0 atom stereocenters. The van der Waals surface area contributed by atoms with Crippen molar-refractivity contribution in [3.05, 3.63) is 64.0 Å². The number of thioether (sulfide) groups is 1. The molecule has 32 heavy (non-hydrogen) atoms. The van der Waals surface area contributed by atoms with Crippen LogP contribution in [0.1, 0.15) is 5.56 Å². The Hall–Kier alpha value is -2.72. The number of benzene rings is 2. The lowest BCUT2D eigenvalue weighted by Gasteiger charge is -2.17. The minimum Gasteiger partial charge on any atom is -0.383 e. The molecule has 0 aromatic heterocycles. The molecule has 0 unspecified atom stereocenters. The van der Waals surface area contributed by atoms with Crippen LogP contribution in [-0.2, 0) is 19.1 Å². The van der Waals surface area contributed by atoms with E-state index in [1.807, 2.05) is 0 Å². The Morgan fingerprint density at radius 3 is 2.53 bits per heavy atom. The van der Waals surface area contributed by atoms with Gasteiger partial charge in [0.05, 0.1) is 29.3 Å². The fourth-order valence-electron chi connectivity index (χ4n) is 3.46. The molecule has 2 heterocycles. The van der Waals surface area contributed by atoms with E-state index in [0.29, 0.717) is 39.4 Å². The molecule has 0 aliphatic carbocycles. The van der Waals surface area contributed by atoms with E-state index in [1.165, 1.54) is 9.80 Å². The summed E-state index contributed by atoms with van der Waals surface area (Å²) in [7, 11) is 1.54. The normalized spacial score (nSPS) is 17.9. The van der Waals surface area contributed by atoms with Crippen LogP contribution in [-0.4, -0.2) is 53.7 Å². The lowest BCUT2D eigenvalue weighted by Crippen LogP contribution is -2.35. The second-order valence-corrected chi connectivity index (χ2v) is 9.07. The van der Waals surface area contributed by atoms with Gasteiger partial charge in [-0.05, 0) is 30.3 Å². The summed E-state index contributed by atoms with van der Waals surface area (Å²) in [6.45, 7) is 0.434. The molecular formula is C22H18ClN3O4S2. The molecule has 2 aliphatic heterocycles. The number of hydrogen-bond acceptors (Lipinski definition) is 6. The van der Waals surface area contributed by atoms with E-state index in [9.17, 15) is 14.4 Å².